The zero-order valence-corrected chi connectivity index (χ0v) is 23.7. The monoisotopic (exact) mass is 647 g/mol. The summed E-state index contributed by atoms with van der Waals surface area (Å²) in [5.41, 5.74) is 0. The third-order valence-corrected chi connectivity index (χ3v) is 7.66. The van der Waals surface area contributed by atoms with Crippen LogP contribution in [0.5, 0.6) is 0 Å². The quantitative estimate of drug-likeness (QED) is 0.0935. The maximum atomic E-state index is 12.6. The number of aliphatic hydroxyl groups excluding tert-OH is 10. The second-order valence-electron chi connectivity index (χ2n) is 10.8. The summed E-state index contributed by atoms with van der Waals surface area (Å²) in [7, 11) is 1.09. The van der Waals surface area contributed by atoms with E-state index in [0.717, 1.165) is 14.0 Å². The third-order valence-electron chi connectivity index (χ3n) is 7.66. The Labute approximate surface area is 249 Å². The maximum absolute atomic E-state index is 12.6. The first kappa shape index (κ1) is 36.8. The highest BCUT2D eigenvalue weighted by Gasteiger charge is 2.59. The van der Waals surface area contributed by atoms with Crippen LogP contribution >= 0.6 is 0 Å². The number of carbonyl (C=O) groups excluding carboxylic acids is 1. The lowest BCUT2D eigenvalue weighted by Crippen LogP contribution is -2.70. The van der Waals surface area contributed by atoms with Gasteiger partial charge in [-0.05, 0) is 0 Å². The average Bonchev–Trinajstić information content (AvgIpc) is 2.98. The zero-order valence-electron chi connectivity index (χ0n) is 23.7. The molecule has 3 fully saturated rings. The molecule has 256 valence electrons. The van der Waals surface area contributed by atoms with Crippen molar-refractivity contribution in [3.8, 4) is 0 Å². The highest BCUT2D eigenvalue weighted by atomic mass is 16.8. The van der Waals surface area contributed by atoms with Gasteiger partial charge >= 0.3 is 5.97 Å². The number of aliphatic hydroxyl groups is 10. The topological polar surface area (TPSA) is 324 Å². The maximum Gasteiger partial charge on any atom is 0.364 e. The molecule has 3 saturated heterocycles. The molecule has 0 saturated carbocycles. The second-order valence-corrected chi connectivity index (χ2v) is 10.8. The summed E-state index contributed by atoms with van der Waals surface area (Å²) in [6.45, 7) is -1.40. The molecule has 0 aromatic carbocycles. The van der Waals surface area contributed by atoms with Crippen molar-refractivity contribution < 1.29 is 94.2 Å². The van der Waals surface area contributed by atoms with E-state index in [2.05, 4.69) is 5.32 Å². The van der Waals surface area contributed by atoms with E-state index in [1.807, 2.05) is 0 Å². The predicted octanol–water partition coefficient (Wildman–Crippen LogP) is -7.57. The molecule has 0 bridgehead atoms. The first-order valence-electron chi connectivity index (χ1n) is 13.6. The number of aliphatic carboxylic acids is 1. The van der Waals surface area contributed by atoms with E-state index >= 15 is 0 Å². The van der Waals surface area contributed by atoms with Gasteiger partial charge in [-0.1, -0.05) is 0 Å². The highest BCUT2D eigenvalue weighted by Crippen LogP contribution is 2.37. The van der Waals surface area contributed by atoms with Crippen LogP contribution in [-0.2, 0) is 38.0 Å². The van der Waals surface area contributed by atoms with E-state index in [-0.39, 0.29) is 0 Å². The summed E-state index contributed by atoms with van der Waals surface area (Å²) >= 11 is 0. The van der Waals surface area contributed by atoms with E-state index < -0.39 is 136 Å². The molecule has 0 unspecified atom stereocenters. The van der Waals surface area contributed by atoms with Crippen LogP contribution in [0.3, 0.4) is 0 Å². The number of carboxylic acids is 1. The predicted molar refractivity (Wildman–Crippen MR) is 135 cm³/mol. The molecule has 12 N–H and O–H groups in total. The summed E-state index contributed by atoms with van der Waals surface area (Å²) in [5.74, 6) is -5.58. The number of carboxylic acid groups (broad SMARTS) is 1. The van der Waals surface area contributed by atoms with Gasteiger partial charge in [-0.3, -0.25) is 4.79 Å². The van der Waals surface area contributed by atoms with Gasteiger partial charge in [0.05, 0.1) is 32.0 Å². The zero-order chi connectivity index (χ0) is 33.1. The van der Waals surface area contributed by atoms with Crippen molar-refractivity contribution in [2.24, 2.45) is 0 Å². The number of nitrogens with one attached hydrogen (secondary N) is 1. The number of ether oxygens (including phenoxy) is 6. The van der Waals surface area contributed by atoms with Gasteiger partial charge in [-0.25, -0.2) is 4.79 Å². The molecular weight excluding hydrogens is 606 g/mol. The molecule has 20 nitrogen and oxygen atoms in total. The highest BCUT2D eigenvalue weighted by molar-refractivity contribution is 5.76. The molecule has 3 aliphatic heterocycles. The normalized spacial score (nSPS) is 44.5. The molecule has 0 spiro atoms. The van der Waals surface area contributed by atoms with Crippen molar-refractivity contribution in [3.63, 3.8) is 0 Å². The molecule has 3 heterocycles. The summed E-state index contributed by atoms with van der Waals surface area (Å²) in [4.78, 5) is 24.3. The fourth-order valence-electron chi connectivity index (χ4n) is 5.24. The Morgan fingerprint density at radius 2 is 1.57 bits per heavy atom. The Bertz CT molecular complexity index is 958. The lowest BCUT2D eigenvalue weighted by molar-refractivity contribution is -0.372. The van der Waals surface area contributed by atoms with Crippen molar-refractivity contribution in [2.45, 2.75) is 111 Å². The first-order chi connectivity index (χ1) is 20.6. The van der Waals surface area contributed by atoms with Gasteiger partial charge in [-0.2, -0.15) is 0 Å². The molecular formula is C24H41NO19. The minimum Gasteiger partial charge on any atom is -0.477 e. The van der Waals surface area contributed by atoms with Crippen molar-refractivity contribution in [3.05, 3.63) is 0 Å². The van der Waals surface area contributed by atoms with Gasteiger partial charge in [0.1, 0.15) is 67.1 Å². The van der Waals surface area contributed by atoms with Gasteiger partial charge in [0.2, 0.25) is 5.91 Å². The fourth-order valence-corrected chi connectivity index (χ4v) is 5.24. The molecule has 44 heavy (non-hydrogen) atoms. The summed E-state index contributed by atoms with van der Waals surface area (Å²) in [6.07, 6.45) is -25.9. The van der Waals surface area contributed by atoms with Gasteiger partial charge in [0.25, 0.3) is 5.79 Å². The van der Waals surface area contributed by atoms with Crippen LogP contribution in [0.15, 0.2) is 0 Å². The third kappa shape index (κ3) is 7.63. The number of rotatable bonds is 12. The van der Waals surface area contributed by atoms with Crippen molar-refractivity contribution >= 4 is 11.9 Å². The number of carbonyl (C=O) groups is 2. The number of hydrogen-bond acceptors (Lipinski definition) is 18. The lowest BCUT2D eigenvalue weighted by atomic mass is 9.88. The van der Waals surface area contributed by atoms with Gasteiger partial charge in [-0.15, -0.1) is 0 Å². The number of amides is 1. The SMILES string of the molecule is CO[C@@H]1O[C@H](CO[C@@H]2O[C@H](CO)[C@H](O)[C@H](O)[C@H]2O)[C@H](O)[C@H](O[C@]2(C(=O)O)C[C@H](O)[C@@H](NC(C)=O)[C@H]([C@H](O)[C@H](O)CO)O2)[C@H]1O. The van der Waals surface area contributed by atoms with Crippen LogP contribution < -0.4 is 5.32 Å². The molecule has 3 aliphatic rings. The Morgan fingerprint density at radius 3 is 2.11 bits per heavy atom. The fraction of sp³-hybridized carbons (Fsp3) is 0.917. The standard InChI is InChI=1S/C24H41NO19/c1-7(28)25-12-8(29)3-24(23(37)38,43-19(12)13(31)9(30)4-26)44-20-15(33)11(42-21(39-2)18(20)36)6-40-22-17(35)16(34)14(32)10(5-27)41-22/h8-22,26-27,29-36H,3-6H2,1-2H3,(H,25,28)(H,37,38)/t8-,9+,10+,11+,12+,13+,14-,15-,16-,17+,18+,19+,20-,21+,22+,24-/m0/s1. The molecule has 0 aromatic rings. The molecule has 0 radical (unpaired) electrons. The van der Waals surface area contributed by atoms with Crippen LogP contribution in [0.4, 0.5) is 0 Å². The van der Waals surface area contributed by atoms with E-state index in [0.29, 0.717) is 0 Å². The molecule has 0 aromatic heterocycles. The number of methoxy groups -OCH3 is 1. The van der Waals surface area contributed by atoms with Gasteiger partial charge < -0.3 is 89.9 Å². The van der Waals surface area contributed by atoms with Crippen molar-refractivity contribution in [2.75, 3.05) is 26.9 Å². The van der Waals surface area contributed by atoms with Gasteiger partial charge in [0, 0.05) is 20.5 Å². The molecule has 0 aliphatic carbocycles. The minimum absolute atomic E-state index is 0.686. The number of hydrogen-bond donors (Lipinski definition) is 12. The molecule has 1 amide bonds. The largest absolute Gasteiger partial charge is 0.477 e. The van der Waals surface area contributed by atoms with E-state index in [9.17, 15) is 65.8 Å². The van der Waals surface area contributed by atoms with Crippen LogP contribution in [0.25, 0.3) is 0 Å². The van der Waals surface area contributed by atoms with Crippen LogP contribution in [-0.4, -0.2) is 193 Å². The summed E-state index contributed by atoms with van der Waals surface area (Å²) < 4.78 is 32.3. The van der Waals surface area contributed by atoms with E-state index in [1.54, 1.807) is 0 Å². The Hall–Kier alpha value is -1.70. The van der Waals surface area contributed by atoms with E-state index in [4.69, 9.17) is 28.4 Å². The molecule has 20 heteroatoms. The van der Waals surface area contributed by atoms with Gasteiger partial charge in [0.15, 0.2) is 12.6 Å². The average molecular weight is 648 g/mol. The van der Waals surface area contributed by atoms with Crippen LogP contribution in [0.1, 0.15) is 13.3 Å². The Kier molecular flexibility index (Phi) is 12.8. The lowest BCUT2D eigenvalue weighted by Gasteiger charge is -2.50. The smallest absolute Gasteiger partial charge is 0.364 e. The first-order valence-corrected chi connectivity index (χ1v) is 13.6. The molecule has 3 rings (SSSR count). The Balaban J connectivity index is 1.87. The van der Waals surface area contributed by atoms with Crippen molar-refractivity contribution in [1.29, 1.82) is 0 Å². The van der Waals surface area contributed by atoms with Crippen LogP contribution in [0, 0.1) is 0 Å². The van der Waals surface area contributed by atoms with Crippen molar-refractivity contribution in [1.82, 2.24) is 5.32 Å². The Morgan fingerprint density at radius 1 is 0.932 bits per heavy atom. The van der Waals surface area contributed by atoms with E-state index in [1.165, 1.54) is 0 Å². The van der Waals surface area contributed by atoms with Crippen LogP contribution in [0.2, 0.25) is 0 Å². The molecule has 16 atom stereocenters. The summed E-state index contributed by atoms with van der Waals surface area (Å²) in [5, 5.41) is 115. The minimum atomic E-state index is -2.94. The summed E-state index contributed by atoms with van der Waals surface area (Å²) in [6, 6.07) is -1.50. The second kappa shape index (κ2) is 15.3.